The summed E-state index contributed by atoms with van der Waals surface area (Å²) in [5.74, 6) is 3.57. The van der Waals surface area contributed by atoms with Crippen LogP contribution in [0, 0.1) is 11.8 Å². The summed E-state index contributed by atoms with van der Waals surface area (Å²) in [6.45, 7) is 4.63. The molecule has 0 saturated heterocycles. The predicted molar refractivity (Wildman–Crippen MR) is 150 cm³/mol. The Balaban J connectivity index is 1.25. The third-order valence-corrected chi connectivity index (χ3v) is 9.22. The maximum Gasteiger partial charge on any atom is -0.0162 e. The van der Waals surface area contributed by atoms with Crippen molar-refractivity contribution in [3.05, 3.63) is 59.7 Å². The van der Waals surface area contributed by atoms with Crippen molar-refractivity contribution in [2.75, 3.05) is 0 Å². The maximum atomic E-state index is 2.42. The molecule has 0 radical (unpaired) electrons. The molecule has 0 heterocycles. The zero-order valence-corrected chi connectivity index (χ0v) is 22.2. The van der Waals surface area contributed by atoms with Gasteiger partial charge in [0.05, 0.1) is 0 Å². The van der Waals surface area contributed by atoms with Crippen LogP contribution in [0.2, 0.25) is 0 Å². The molecule has 0 heteroatoms. The molecule has 4 rings (SSSR count). The normalized spacial score (nSPS) is 25.4. The van der Waals surface area contributed by atoms with E-state index in [4.69, 9.17) is 0 Å². The van der Waals surface area contributed by atoms with Gasteiger partial charge < -0.3 is 0 Å². The van der Waals surface area contributed by atoms with Gasteiger partial charge in [-0.3, -0.25) is 0 Å². The van der Waals surface area contributed by atoms with Gasteiger partial charge in [-0.25, -0.2) is 0 Å². The summed E-state index contributed by atoms with van der Waals surface area (Å²) in [6, 6.07) is 19.2. The van der Waals surface area contributed by atoms with Crippen molar-refractivity contribution in [1.29, 1.82) is 0 Å². The van der Waals surface area contributed by atoms with E-state index in [1.54, 1.807) is 11.1 Å². The molecule has 34 heavy (non-hydrogen) atoms. The van der Waals surface area contributed by atoms with E-state index in [0.29, 0.717) is 0 Å². The minimum Gasteiger partial charge on any atom is -0.0654 e. The van der Waals surface area contributed by atoms with Gasteiger partial charge in [-0.15, -0.1) is 0 Å². The van der Waals surface area contributed by atoms with Gasteiger partial charge in [-0.2, -0.15) is 0 Å². The Morgan fingerprint density at radius 3 is 1.29 bits per heavy atom. The topological polar surface area (TPSA) is 0 Å². The number of hydrogen-bond acceptors (Lipinski definition) is 0. The fourth-order valence-corrected chi connectivity index (χ4v) is 6.82. The highest BCUT2D eigenvalue weighted by Crippen LogP contribution is 2.40. The molecule has 0 N–H and O–H groups in total. The molecular formula is C34H50. The second-order valence-electron chi connectivity index (χ2n) is 11.7. The fourth-order valence-electron chi connectivity index (χ4n) is 6.82. The lowest BCUT2D eigenvalue weighted by Crippen LogP contribution is -2.13. The van der Waals surface area contributed by atoms with Gasteiger partial charge in [-0.05, 0) is 97.3 Å². The lowest BCUT2D eigenvalue weighted by Gasteiger charge is -2.29. The first-order chi connectivity index (χ1) is 16.8. The summed E-state index contributed by atoms with van der Waals surface area (Å²) in [7, 11) is 0. The molecule has 2 aliphatic carbocycles. The van der Waals surface area contributed by atoms with Crippen LogP contribution >= 0.6 is 0 Å². The summed E-state index contributed by atoms with van der Waals surface area (Å²) in [5, 5.41) is 0. The van der Waals surface area contributed by atoms with Gasteiger partial charge >= 0.3 is 0 Å². The summed E-state index contributed by atoms with van der Waals surface area (Å²) < 4.78 is 0. The number of hydrogen-bond donors (Lipinski definition) is 0. The van der Waals surface area contributed by atoms with Crippen LogP contribution in [0.25, 0.3) is 11.1 Å². The molecular weight excluding hydrogens is 408 g/mol. The Hall–Kier alpha value is -1.56. The minimum absolute atomic E-state index is 0.788. The zero-order valence-electron chi connectivity index (χ0n) is 22.2. The van der Waals surface area contributed by atoms with Crippen molar-refractivity contribution < 1.29 is 0 Å². The van der Waals surface area contributed by atoms with Gasteiger partial charge in [0, 0.05) is 0 Å². The Bertz CT molecular complexity index is 798. The van der Waals surface area contributed by atoms with Crippen LogP contribution in [-0.2, 0) is 0 Å². The lowest BCUT2D eigenvalue weighted by molar-refractivity contribution is 0.302. The van der Waals surface area contributed by atoms with Crippen LogP contribution < -0.4 is 0 Å². The SMILES string of the molecule is CCCCCC[C@H]1CC[C@H](c2ccc(-c3ccc([C@H]4CC[C@H](CCCC)CC4)cc3)cc2)CC1. The van der Waals surface area contributed by atoms with E-state index in [0.717, 1.165) is 23.7 Å². The van der Waals surface area contributed by atoms with Gasteiger partial charge in [0.1, 0.15) is 0 Å². The first-order valence-corrected chi connectivity index (χ1v) is 15.0. The van der Waals surface area contributed by atoms with Gasteiger partial charge in [-0.1, -0.05) is 114 Å². The van der Waals surface area contributed by atoms with E-state index >= 15 is 0 Å². The van der Waals surface area contributed by atoms with Crippen molar-refractivity contribution >= 4 is 0 Å². The first kappa shape index (κ1) is 25.5. The van der Waals surface area contributed by atoms with Crippen molar-refractivity contribution in [3.63, 3.8) is 0 Å². The van der Waals surface area contributed by atoms with Gasteiger partial charge in [0.25, 0.3) is 0 Å². The van der Waals surface area contributed by atoms with Crippen molar-refractivity contribution in [2.24, 2.45) is 11.8 Å². The predicted octanol–water partition coefficient (Wildman–Crippen LogP) is 11.1. The van der Waals surface area contributed by atoms with E-state index in [1.807, 2.05) is 0 Å². The largest absolute Gasteiger partial charge is 0.0654 e. The lowest BCUT2D eigenvalue weighted by atomic mass is 9.76. The molecule has 0 aromatic heterocycles. The molecule has 2 saturated carbocycles. The van der Waals surface area contributed by atoms with E-state index < -0.39 is 0 Å². The van der Waals surface area contributed by atoms with Crippen LogP contribution in [0.1, 0.15) is 140 Å². The van der Waals surface area contributed by atoms with E-state index in [9.17, 15) is 0 Å². The molecule has 0 unspecified atom stereocenters. The van der Waals surface area contributed by atoms with Crippen LogP contribution in [-0.4, -0.2) is 0 Å². The highest BCUT2D eigenvalue weighted by atomic mass is 14.3. The molecule has 0 nitrogen and oxygen atoms in total. The zero-order chi connectivity index (χ0) is 23.6. The van der Waals surface area contributed by atoms with Crippen molar-refractivity contribution in [3.8, 4) is 11.1 Å². The van der Waals surface area contributed by atoms with Crippen molar-refractivity contribution in [2.45, 2.75) is 128 Å². The number of benzene rings is 2. The van der Waals surface area contributed by atoms with Crippen LogP contribution in [0.5, 0.6) is 0 Å². The highest BCUT2D eigenvalue weighted by molar-refractivity contribution is 5.64. The van der Waals surface area contributed by atoms with Crippen LogP contribution in [0.3, 0.4) is 0 Å². The smallest absolute Gasteiger partial charge is 0.0162 e. The quantitative estimate of drug-likeness (QED) is 0.294. The fraction of sp³-hybridized carbons (Fsp3) is 0.647. The van der Waals surface area contributed by atoms with Gasteiger partial charge in [0.15, 0.2) is 0 Å². The highest BCUT2D eigenvalue weighted by Gasteiger charge is 2.23. The van der Waals surface area contributed by atoms with Crippen LogP contribution in [0.4, 0.5) is 0 Å². The third-order valence-electron chi connectivity index (χ3n) is 9.22. The molecule has 2 aromatic carbocycles. The molecule has 0 amide bonds. The molecule has 186 valence electrons. The first-order valence-electron chi connectivity index (χ1n) is 15.0. The third kappa shape index (κ3) is 7.22. The number of rotatable bonds is 11. The Morgan fingerprint density at radius 1 is 0.471 bits per heavy atom. The van der Waals surface area contributed by atoms with Crippen LogP contribution in [0.15, 0.2) is 48.5 Å². The molecule has 0 spiro atoms. The summed E-state index contributed by atoms with van der Waals surface area (Å²) in [5.41, 5.74) is 5.90. The number of unbranched alkanes of at least 4 members (excludes halogenated alkanes) is 4. The standard InChI is InChI=1S/C34H50/c1-3-5-7-8-10-28-13-17-30(18-14-28)32-21-25-34(26-22-32)33-23-19-31(20-24-33)29-15-11-27(12-16-29)9-6-4-2/h19-30H,3-18H2,1-2H3/t27-,28-,29-,30-. The van der Waals surface area contributed by atoms with Gasteiger partial charge in [0.2, 0.25) is 0 Å². The monoisotopic (exact) mass is 458 g/mol. The minimum atomic E-state index is 0.788. The molecule has 2 aromatic rings. The van der Waals surface area contributed by atoms with E-state index in [2.05, 4.69) is 62.4 Å². The molecule has 0 bridgehead atoms. The second-order valence-corrected chi connectivity index (χ2v) is 11.7. The Kier molecular flexibility index (Phi) is 10.1. The van der Waals surface area contributed by atoms with E-state index in [1.165, 1.54) is 114 Å². The summed E-state index contributed by atoms with van der Waals surface area (Å²) in [4.78, 5) is 0. The molecule has 2 aliphatic rings. The average molecular weight is 459 g/mol. The Morgan fingerprint density at radius 2 is 0.882 bits per heavy atom. The molecule has 2 fully saturated rings. The second kappa shape index (κ2) is 13.5. The maximum absolute atomic E-state index is 2.42. The Labute approximate surface area is 211 Å². The molecule has 0 atom stereocenters. The summed E-state index contributed by atoms with van der Waals surface area (Å²) in [6.07, 6.45) is 22.7. The van der Waals surface area contributed by atoms with E-state index in [-0.39, 0.29) is 0 Å². The summed E-state index contributed by atoms with van der Waals surface area (Å²) >= 11 is 0. The molecule has 0 aliphatic heterocycles. The van der Waals surface area contributed by atoms with Crippen molar-refractivity contribution in [1.82, 2.24) is 0 Å². The average Bonchev–Trinajstić information content (AvgIpc) is 2.91.